The van der Waals surface area contributed by atoms with Crippen molar-refractivity contribution in [3.05, 3.63) is 18.5 Å². The van der Waals surface area contributed by atoms with Crippen molar-refractivity contribution in [1.82, 2.24) is 19.8 Å². The molecule has 0 N–H and O–H groups in total. The molecule has 4 rings (SSSR count). The van der Waals surface area contributed by atoms with Crippen molar-refractivity contribution in [1.29, 1.82) is 0 Å². The molecule has 3 saturated heterocycles. The predicted octanol–water partition coefficient (Wildman–Crippen LogP) is 1.98. The Bertz CT molecular complexity index is 549. The van der Waals surface area contributed by atoms with Crippen LogP contribution in [0.15, 0.2) is 18.5 Å². The van der Waals surface area contributed by atoms with Crippen molar-refractivity contribution >= 4 is 12.0 Å². The van der Waals surface area contributed by atoms with Gasteiger partial charge in [0.2, 0.25) is 5.95 Å². The maximum atomic E-state index is 12.5. The maximum Gasteiger partial charge on any atom is 0.319 e. The molecule has 3 aliphatic heterocycles. The molecular formula is C17H25N5O. The summed E-state index contributed by atoms with van der Waals surface area (Å²) >= 11 is 0. The van der Waals surface area contributed by atoms with E-state index in [2.05, 4.69) is 19.8 Å². The molecule has 0 aliphatic carbocycles. The first kappa shape index (κ1) is 14.7. The van der Waals surface area contributed by atoms with Crippen LogP contribution in [0.5, 0.6) is 0 Å². The van der Waals surface area contributed by atoms with Crippen molar-refractivity contribution in [2.24, 2.45) is 5.41 Å². The monoisotopic (exact) mass is 315 g/mol. The third kappa shape index (κ3) is 2.86. The first-order valence-electron chi connectivity index (χ1n) is 8.82. The molecule has 6 nitrogen and oxygen atoms in total. The minimum Gasteiger partial charge on any atom is -0.340 e. The molecule has 1 aromatic rings. The Morgan fingerprint density at radius 2 is 1.52 bits per heavy atom. The predicted molar refractivity (Wildman–Crippen MR) is 88.3 cm³/mol. The molecule has 0 aromatic carbocycles. The molecule has 0 atom stereocenters. The van der Waals surface area contributed by atoms with E-state index in [9.17, 15) is 4.79 Å². The summed E-state index contributed by atoms with van der Waals surface area (Å²) in [6.07, 6.45) is 9.35. The normalized spacial score (nSPS) is 23.7. The Kier molecular flexibility index (Phi) is 3.83. The number of hydrogen-bond acceptors (Lipinski definition) is 4. The van der Waals surface area contributed by atoms with Crippen LogP contribution in [0.1, 0.15) is 32.1 Å². The second-order valence-electron chi connectivity index (χ2n) is 7.18. The van der Waals surface area contributed by atoms with Crippen LogP contribution in [-0.4, -0.2) is 65.1 Å². The summed E-state index contributed by atoms with van der Waals surface area (Å²) in [4.78, 5) is 27.7. The zero-order valence-corrected chi connectivity index (χ0v) is 13.7. The van der Waals surface area contributed by atoms with Gasteiger partial charge in [-0.15, -0.1) is 0 Å². The smallest absolute Gasteiger partial charge is 0.319 e. The number of carbonyl (C=O) groups excluding carboxylic acids is 1. The number of aromatic nitrogens is 2. The van der Waals surface area contributed by atoms with Gasteiger partial charge < -0.3 is 14.7 Å². The fourth-order valence-corrected chi connectivity index (χ4v) is 4.25. The van der Waals surface area contributed by atoms with Crippen LogP contribution >= 0.6 is 0 Å². The van der Waals surface area contributed by atoms with Crippen molar-refractivity contribution in [3.63, 3.8) is 0 Å². The first-order valence-corrected chi connectivity index (χ1v) is 8.82. The molecule has 0 bridgehead atoms. The fraction of sp³-hybridized carbons (Fsp3) is 0.706. The lowest BCUT2D eigenvalue weighted by atomic mass is 9.78. The molecule has 1 aromatic heterocycles. The molecule has 6 heteroatoms. The quantitative estimate of drug-likeness (QED) is 0.795. The average Bonchev–Trinajstić information content (AvgIpc) is 3.26. The van der Waals surface area contributed by atoms with Crippen LogP contribution < -0.4 is 4.90 Å². The molecular weight excluding hydrogens is 290 g/mol. The Labute approximate surface area is 137 Å². The summed E-state index contributed by atoms with van der Waals surface area (Å²) in [5, 5.41) is 0. The molecule has 1 spiro atoms. The SMILES string of the molecule is O=C(N1CCCC1)N1CCC2(CC1)CCN(c1ncccn1)C2. The van der Waals surface area contributed by atoms with Gasteiger partial charge >= 0.3 is 6.03 Å². The molecule has 4 heterocycles. The molecule has 2 amide bonds. The van der Waals surface area contributed by atoms with E-state index in [0.717, 1.165) is 70.9 Å². The lowest BCUT2D eigenvalue weighted by molar-refractivity contribution is 0.111. The summed E-state index contributed by atoms with van der Waals surface area (Å²) in [6.45, 7) is 5.75. The average molecular weight is 315 g/mol. The Morgan fingerprint density at radius 1 is 0.913 bits per heavy atom. The molecule has 0 saturated carbocycles. The highest BCUT2D eigenvalue weighted by atomic mass is 16.2. The van der Waals surface area contributed by atoms with Crippen molar-refractivity contribution in [2.75, 3.05) is 44.2 Å². The van der Waals surface area contributed by atoms with Crippen molar-refractivity contribution < 1.29 is 4.79 Å². The summed E-state index contributed by atoms with van der Waals surface area (Å²) in [7, 11) is 0. The van der Waals surface area contributed by atoms with Gasteiger partial charge in [0.1, 0.15) is 0 Å². The van der Waals surface area contributed by atoms with Gasteiger partial charge in [0, 0.05) is 51.7 Å². The molecule has 124 valence electrons. The van der Waals surface area contributed by atoms with Crippen LogP contribution in [0.3, 0.4) is 0 Å². The van der Waals surface area contributed by atoms with Crippen molar-refractivity contribution in [2.45, 2.75) is 32.1 Å². The number of anilines is 1. The molecule has 23 heavy (non-hydrogen) atoms. The Hall–Kier alpha value is -1.85. The first-order chi connectivity index (χ1) is 11.3. The highest BCUT2D eigenvalue weighted by molar-refractivity contribution is 5.74. The van der Waals surface area contributed by atoms with Gasteiger partial charge in [0.15, 0.2) is 0 Å². The van der Waals surface area contributed by atoms with E-state index >= 15 is 0 Å². The topological polar surface area (TPSA) is 52.6 Å². The number of rotatable bonds is 1. The Balaban J connectivity index is 1.35. The van der Waals surface area contributed by atoms with Crippen LogP contribution in [-0.2, 0) is 0 Å². The van der Waals surface area contributed by atoms with Gasteiger partial charge in [0.25, 0.3) is 0 Å². The summed E-state index contributed by atoms with van der Waals surface area (Å²) in [6, 6.07) is 2.12. The second kappa shape index (κ2) is 5.98. The zero-order valence-electron chi connectivity index (χ0n) is 13.7. The van der Waals surface area contributed by atoms with Crippen LogP contribution in [0.4, 0.5) is 10.7 Å². The van der Waals surface area contributed by atoms with Gasteiger partial charge in [-0.25, -0.2) is 14.8 Å². The molecule has 0 unspecified atom stereocenters. The molecule has 3 aliphatic rings. The minimum absolute atomic E-state index is 0.263. The fourth-order valence-electron chi connectivity index (χ4n) is 4.25. The van der Waals surface area contributed by atoms with Crippen LogP contribution in [0.2, 0.25) is 0 Å². The third-order valence-corrected chi connectivity index (χ3v) is 5.74. The summed E-state index contributed by atoms with van der Waals surface area (Å²) in [5.74, 6) is 0.847. The number of amides is 2. The number of likely N-dealkylation sites (tertiary alicyclic amines) is 2. The lowest BCUT2D eigenvalue weighted by Gasteiger charge is -2.40. The molecule has 3 fully saturated rings. The van der Waals surface area contributed by atoms with E-state index in [0.29, 0.717) is 5.41 Å². The van der Waals surface area contributed by atoms with E-state index < -0.39 is 0 Å². The lowest BCUT2D eigenvalue weighted by Crippen LogP contribution is -2.48. The van der Waals surface area contributed by atoms with E-state index in [1.54, 1.807) is 0 Å². The van der Waals surface area contributed by atoms with E-state index in [-0.39, 0.29) is 6.03 Å². The summed E-state index contributed by atoms with van der Waals surface area (Å²) < 4.78 is 0. The number of carbonyl (C=O) groups is 1. The largest absolute Gasteiger partial charge is 0.340 e. The highest BCUT2D eigenvalue weighted by Gasteiger charge is 2.42. The van der Waals surface area contributed by atoms with Gasteiger partial charge in [0.05, 0.1) is 0 Å². The number of piperidine rings is 1. The molecule has 0 radical (unpaired) electrons. The van der Waals surface area contributed by atoms with Gasteiger partial charge in [-0.05, 0) is 43.6 Å². The van der Waals surface area contributed by atoms with Gasteiger partial charge in [-0.3, -0.25) is 0 Å². The zero-order chi connectivity index (χ0) is 15.7. The number of hydrogen-bond donors (Lipinski definition) is 0. The summed E-state index contributed by atoms with van der Waals surface area (Å²) in [5.41, 5.74) is 0.348. The minimum atomic E-state index is 0.263. The second-order valence-corrected chi connectivity index (χ2v) is 7.18. The van der Waals surface area contributed by atoms with E-state index in [4.69, 9.17) is 0 Å². The number of nitrogens with zero attached hydrogens (tertiary/aromatic N) is 5. The number of urea groups is 1. The standard InChI is InChI=1S/C17H25N5O/c23-16(20-9-1-2-10-20)21-11-4-17(5-12-21)6-13-22(14-17)15-18-7-3-8-19-15/h3,7-8H,1-2,4-6,9-14H2. The van der Waals surface area contributed by atoms with Gasteiger partial charge in [-0.1, -0.05) is 0 Å². The maximum absolute atomic E-state index is 12.5. The third-order valence-electron chi connectivity index (χ3n) is 5.74. The van der Waals surface area contributed by atoms with Crippen LogP contribution in [0, 0.1) is 5.41 Å². The highest BCUT2D eigenvalue weighted by Crippen LogP contribution is 2.41. The van der Waals surface area contributed by atoms with Crippen LogP contribution in [0.25, 0.3) is 0 Å². The van der Waals surface area contributed by atoms with Crippen molar-refractivity contribution in [3.8, 4) is 0 Å². The van der Waals surface area contributed by atoms with E-state index in [1.165, 1.54) is 6.42 Å². The van der Waals surface area contributed by atoms with Gasteiger partial charge in [-0.2, -0.15) is 0 Å². The van der Waals surface area contributed by atoms with E-state index in [1.807, 2.05) is 23.4 Å². The Morgan fingerprint density at radius 3 is 2.22 bits per heavy atom.